The molecule has 1 fully saturated rings. The molecule has 0 atom stereocenters. The maximum Gasteiger partial charge on any atom is 0.258 e. The molecule has 1 aliphatic heterocycles. The lowest BCUT2D eigenvalue weighted by molar-refractivity contribution is 0.201. The van der Waals surface area contributed by atoms with Gasteiger partial charge in [-0.2, -0.15) is 4.37 Å². The Morgan fingerprint density at radius 2 is 2.08 bits per heavy atom. The van der Waals surface area contributed by atoms with E-state index < -0.39 is 0 Å². The number of anilines is 1. The topological polar surface area (TPSA) is 75.9 Å². The summed E-state index contributed by atoms with van der Waals surface area (Å²) in [6.07, 6.45) is 2.51. The molecule has 0 N–H and O–H groups in total. The van der Waals surface area contributed by atoms with Gasteiger partial charge in [0.25, 0.3) is 5.56 Å². The van der Waals surface area contributed by atoms with Crippen LogP contribution in [0.1, 0.15) is 11.5 Å². The number of methoxy groups -OCH3 is 1. The predicted molar refractivity (Wildman–Crippen MR) is 102 cm³/mol. The van der Waals surface area contributed by atoms with Crippen LogP contribution in [0.4, 0.5) is 5.13 Å². The molecule has 3 aromatic rings. The number of fused-ring (bicyclic) bond motifs is 1. The molecule has 0 aliphatic carbocycles. The Morgan fingerprint density at radius 3 is 2.88 bits per heavy atom. The zero-order valence-corrected chi connectivity index (χ0v) is 16.1. The van der Waals surface area contributed by atoms with Crippen LogP contribution in [0.2, 0.25) is 0 Å². The third-order valence-corrected chi connectivity index (χ3v) is 5.94. The van der Waals surface area contributed by atoms with Crippen LogP contribution < -0.4 is 10.5 Å². The van der Waals surface area contributed by atoms with Crippen molar-refractivity contribution in [2.45, 2.75) is 13.0 Å². The molecule has 0 radical (unpaired) electrons. The van der Waals surface area contributed by atoms with Crippen LogP contribution in [-0.4, -0.2) is 63.5 Å². The summed E-state index contributed by atoms with van der Waals surface area (Å²) in [5.74, 6) is 0.850. The summed E-state index contributed by atoms with van der Waals surface area (Å²) in [6, 6.07) is 1.64. The fraction of sp³-hybridized carbons (Fsp3) is 0.500. The van der Waals surface area contributed by atoms with Crippen LogP contribution in [0.15, 0.2) is 22.4 Å². The van der Waals surface area contributed by atoms with Crippen molar-refractivity contribution in [2.75, 3.05) is 44.8 Å². The van der Waals surface area contributed by atoms with E-state index in [-0.39, 0.29) is 5.56 Å². The molecule has 1 saturated heterocycles. The molecule has 0 amide bonds. The largest absolute Gasteiger partial charge is 0.384 e. The smallest absolute Gasteiger partial charge is 0.258 e. The van der Waals surface area contributed by atoms with Gasteiger partial charge in [-0.25, -0.2) is 9.97 Å². The molecule has 26 heavy (non-hydrogen) atoms. The maximum atomic E-state index is 12.1. The van der Waals surface area contributed by atoms with Gasteiger partial charge in [0.2, 0.25) is 5.13 Å². The molecule has 8 nitrogen and oxygen atoms in total. The summed E-state index contributed by atoms with van der Waals surface area (Å²) in [7, 11) is 1.69. The Balaban J connectivity index is 1.35. The third-order valence-electron chi connectivity index (χ3n) is 4.37. The first-order valence-electron chi connectivity index (χ1n) is 8.47. The Labute approximate surface area is 158 Å². The van der Waals surface area contributed by atoms with Gasteiger partial charge in [0.15, 0.2) is 4.96 Å². The Kier molecular flexibility index (Phi) is 5.25. The SMILES string of the molecule is COCCc1nsc(N2CCN(Cc3cc(=O)n4ccsc4n3)CC2)n1. The molecule has 0 saturated carbocycles. The number of nitrogens with zero attached hydrogens (tertiary/aromatic N) is 6. The van der Waals surface area contributed by atoms with Gasteiger partial charge in [-0.3, -0.25) is 14.1 Å². The molecular weight excluding hydrogens is 372 g/mol. The second kappa shape index (κ2) is 7.78. The van der Waals surface area contributed by atoms with Gasteiger partial charge < -0.3 is 9.64 Å². The third kappa shape index (κ3) is 3.78. The Hall–Kier alpha value is -1.88. The van der Waals surface area contributed by atoms with Gasteiger partial charge in [0.1, 0.15) is 5.82 Å². The van der Waals surface area contributed by atoms with Gasteiger partial charge in [-0.05, 0) is 0 Å². The standard InChI is InChI=1S/C16H20N6O2S2/c1-24-8-2-13-18-15(26-19-13)21-5-3-20(4-6-21)11-12-10-14(23)22-7-9-25-16(22)17-12/h7,9-10H,2-6,8,11H2,1H3. The first kappa shape index (κ1) is 17.5. The minimum Gasteiger partial charge on any atom is -0.384 e. The zero-order chi connectivity index (χ0) is 17.9. The molecule has 10 heteroatoms. The number of ether oxygens (including phenoxy) is 1. The molecule has 4 heterocycles. The first-order chi connectivity index (χ1) is 12.7. The van der Waals surface area contributed by atoms with Crippen molar-refractivity contribution < 1.29 is 4.74 Å². The molecule has 0 unspecified atom stereocenters. The number of hydrogen-bond acceptors (Lipinski definition) is 9. The molecule has 0 aromatic carbocycles. The average Bonchev–Trinajstić information content (AvgIpc) is 3.30. The Bertz CT molecular complexity index is 928. The molecule has 3 aromatic heterocycles. The quantitative estimate of drug-likeness (QED) is 0.622. The molecule has 0 spiro atoms. The number of thiazole rings is 1. The lowest BCUT2D eigenvalue weighted by Crippen LogP contribution is -2.46. The number of aromatic nitrogens is 4. The summed E-state index contributed by atoms with van der Waals surface area (Å²) < 4.78 is 11.1. The lowest BCUT2D eigenvalue weighted by Gasteiger charge is -2.34. The highest BCUT2D eigenvalue weighted by Gasteiger charge is 2.20. The highest BCUT2D eigenvalue weighted by atomic mass is 32.1. The fourth-order valence-corrected chi connectivity index (χ4v) is 4.47. The number of piperazine rings is 1. The molecule has 0 bridgehead atoms. The van der Waals surface area contributed by atoms with Gasteiger partial charge in [-0.15, -0.1) is 11.3 Å². The second-order valence-corrected chi connectivity index (χ2v) is 7.74. The molecular formula is C16H20N6O2S2. The van der Waals surface area contributed by atoms with Crippen LogP contribution in [-0.2, 0) is 17.7 Å². The van der Waals surface area contributed by atoms with Crippen molar-refractivity contribution in [1.29, 1.82) is 0 Å². The normalized spacial score (nSPS) is 15.8. The van der Waals surface area contributed by atoms with Crippen LogP contribution in [0.5, 0.6) is 0 Å². The van der Waals surface area contributed by atoms with E-state index in [9.17, 15) is 4.79 Å². The van der Waals surface area contributed by atoms with E-state index in [2.05, 4.69) is 24.1 Å². The Morgan fingerprint density at radius 1 is 1.23 bits per heavy atom. The van der Waals surface area contributed by atoms with Crippen molar-refractivity contribution in [2.24, 2.45) is 0 Å². The minimum atomic E-state index is -0.0117. The highest BCUT2D eigenvalue weighted by molar-refractivity contribution is 7.15. The average molecular weight is 393 g/mol. The zero-order valence-electron chi connectivity index (χ0n) is 14.5. The summed E-state index contributed by atoms with van der Waals surface area (Å²) in [4.78, 5) is 26.6. The van der Waals surface area contributed by atoms with E-state index in [4.69, 9.17) is 4.74 Å². The lowest BCUT2D eigenvalue weighted by atomic mass is 10.3. The second-order valence-electron chi connectivity index (χ2n) is 6.14. The van der Waals surface area contributed by atoms with Gasteiger partial charge in [-0.1, -0.05) is 0 Å². The van der Waals surface area contributed by atoms with Crippen LogP contribution in [0.3, 0.4) is 0 Å². The van der Waals surface area contributed by atoms with E-state index >= 15 is 0 Å². The van der Waals surface area contributed by atoms with Crippen LogP contribution >= 0.6 is 22.9 Å². The van der Waals surface area contributed by atoms with Crippen LogP contribution in [0, 0.1) is 0 Å². The van der Waals surface area contributed by atoms with Crippen molar-refractivity contribution in [3.05, 3.63) is 39.5 Å². The fourth-order valence-electron chi connectivity index (χ4n) is 2.96. The van der Waals surface area contributed by atoms with Gasteiger partial charge in [0.05, 0.1) is 12.3 Å². The molecule has 4 rings (SSSR count). The maximum absolute atomic E-state index is 12.1. The van der Waals surface area contributed by atoms with E-state index in [0.29, 0.717) is 13.2 Å². The van der Waals surface area contributed by atoms with E-state index in [1.807, 2.05) is 5.38 Å². The number of hydrogen-bond donors (Lipinski definition) is 0. The van der Waals surface area contributed by atoms with Gasteiger partial charge in [0, 0.05) is 75.4 Å². The molecule has 138 valence electrons. The van der Waals surface area contributed by atoms with Crippen molar-refractivity contribution >= 4 is 33.0 Å². The monoisotopic (exact) mass is 392 g/mol. The van der Waals surface area contributed by atoms with Crippen LogP contribution in [0.25, 0.3) is 4.96 Å². The highest BCUT2D eigenvalue weighted by Crippen LogP contribution is 2.20. The van der Waals surface area contributed by atoms with E-state index in [1.54, 1.807) is 23.8 Å². The summed E-state index contributed by atoms with van der Waals surface area (Å²) in [5, 5.41) is 2.86. The molecule has 1 aliphatic rings. The van der Waals surface area contributed by atoms with E-state index in [1.165, 1.54) is 22.9 Å². The number of rotatable bonds is 6. The van der Waals surface area contributed by atoms with E-state index in [0.717, 1.165) is 54.2 Å². The first-order valence-corrected chi connectivity index (χ1v) is 10.1. The summed E-state index contributed by atoms with van der Waals surface area (Å²) in [6.45, 7) is 4.98. The van der Waals surface area contributed by atoms with Crippen molar-refractivity contribution in [1.82, 2.24) is 23.6 Å². The van der Waals surface area contributed by atoms with Gasteiger partial charge >= 0.3 is 0 Å². The summed E-state index contributed by atoms with van der Waals surface area (Å²) >= 11 is 2.94. The minimum absolute atomic E-state index is 0.0117. The van der Waals surface area contributed by atoms with Crippen molar-refractivity contribution in [3.8, 4) is 0 Å². The summed E-state index contributed by atoms with van der Waals surface area (Å²) in [5.41, 5.74) is 0.825. The predicted octanol–water partition coefficient (Wildman–Crippen LogP) is 1.12. The van der Waals surface area contributed by atoms with Crippen molar-refractivity contribution in [3.63, 3.8) is 0 Å².